The molecule has 1 aromatic carbocycles. The highest BCUT2D eigenvalue weighted by Gasteiger charge is 2.51. The number of aliphatic hydroxyl groups excluding tert-OH is 1. The second-order valence-electron chi connectivity index (χ2n) is 11.7. The predicted octanol–water partition coefficient (Wildman–Crippen LogP) is 4.10. The van der Waals surface area contributed by atoms with Crippen LogP contribution in [0.5, 0.6) is 0 Å². The number of aliphatic hydroxyl groups is 1. The van der Waals surface area contributed by atoms with Gasteiger partial charge >= 0.3 is 0 Å². The van der Waals surface area contributed by atoms with Gasteiger partial charge in [0, 0.05) is 31.3 Å². The second-order valence-corrected chi connectivity index (χ2v) is 11.7. The molecule has 1 aromatic heterocycles. The molecule has 7 heteroatoms. The topological polar surface area (TPSA) is 96.2 Å². The number of carbonyl (C=O) groups is 2. The first kappa shape index (κ1) is 24.8. The Morgan fingerprint density at radius 3 is 2.58 bits per heavy atom. The molecule has 0 spiro atoms. The molecule has 0 aliphatic heterocycles. The zero-order chi connectivity index (χ0) is 25.4. The maximum atomic E-state index is 13.8. The first-order chi connectivity index (χ1) is 17.2. The highest BCUT2D eigenvalue weighted by Crippen LogP contribution is 2.54. The molecule has 3 aliphatic rings. The number of fused-ring (bicyclic) bond motifs is 2. The van der Waals surface area contributed by atoms with Crippen molar-refractivity contribution in [2.24, 2.45) is 29.6 Å². The van der Waals surface area contributed by atoms with Gasteiger partial charge in [-0.15, -0.1) is 0 Å². The third-order valence-electron chi connectivity index (χ3n) is 8.50. The molecule has 1 heterocycles. The van der Waals surface area contributed by atoms with E-state index in [0.717, 1.165) is 30.5 Å². The molecule has 5 unspecified atom stereocenters. The van der Waals surface area contributed by atoms with Crippen molar-refractivity contribution in [3.05, 3.63) is 48.2 Å². The fraction of sp³-hybridized carbons (Fsp3) is 0.552. The molecule has 36 heavy (non-hydrogen) atoms. The summed E-state index contributed by atoms with van der Waals surface area (Å²) in [6.07, 6.45) is 11.1. The van der Waals surface area contributed by atoms with Crippen LogP contribution in [0.3, 0.4) is 0 Å². The Kier molecular flexibility index (Phi) is 6.77. The molecular formula is C29H38N4O3. The number of nitrogens with zero attached hydrogens (tertiary/aromatic N) is 2. The van der Waals surface area contributed by atoms with E-state index in [1.807, 2.05) is 56.5 Å². The molecule has 5 rings (SSSR count). The Morgan fingerprint density at radius 2 is 1.86 bits per heavy atom. The van der Waals surface area contributed by atoms with E-state index in [9.17, 15) is 14.7 Å². The monoisotopic (exact) mass is 490 g/mol. The summed E-state index contributed by atoms with van der Waals surface area (Å²) in [5.41, 5.74) is 1.63. The lowest BCUT2D eigenvalue weighted by Gasteiger charge is -2.32. The molecule has 6 atom stereocenters. The summed E-state index contributed by atoms with van der Waals surface area (Å²) < 4.78 is 1.72. The van der Waals surface area contributed by atoms with Gasteiger partial charge in [0.1, 0.15) is 0 Å². The van der Waals surface area contributed by atoms with Crippen molar-refractivity contribution >= 4 is 18.0 Å². The number of rotatable bonds is 7. The lowest BCUT2D eigenvalue weighted by Crippen LogP contribution is -2.43. The molecule has 0 saturated heterocycles. The summed E-state index contributed by atoms with van der Waals surface area (Å²) >= 11 is 0. The number of carbonyl (C=O) groups excluding carboxylic acids is 2. The van der Waals surface area contributed by atoms with Crippen molar-refractivity contribution < 1.29 is 14.7 Å². The Hall–Kier alpha value is -2.93. The Labute approximate surface area is 213 Å². The average molecular weight is 491 g/mol. The van der Waals surface area contributed by atoms with E-state index < -0.39 is 5.54 Å². The highest BCUT2D eigenvalue weighted by molar-refractivity contribution is 6.00. The minimum absolute atomic E-state index is 0.0881. The van der Waals surface area contributed by atoms with E-state index in [4.69, 9.17) is 0 Å². The van der Waals surface area contributed by atoms with Crippen LogP contribution in [0.25, 0.3) is 17.5 Å². The highest BCUT2D eigenvalue weighted by atomic mass is 16.3. The number of hydrogen-bond acceptors (Lipinski definition) is 4. The Balaban J connectivity index is 1.43. The van der Waals surface area contributed by atoms with Gasteiger partial charge in [0.15, 0.2) is 0 Å². The molecule has 3 N–H and O–H groups in total. The van der Waals surface area contributed by atoms with Gasteiger partial charge in [0.25, 0.3) is 5.91 Å². The third-order valence-corrected chi connectivity index (χ3v) is 8.50. The lowest BCUT2D eigenvalue weighted by atomic mass is 9.77. The van der Waals surface area contributed by atoms with Gasteiger partial charge in [-0.1, -0.05) is 30.3 Å². The minimum Gasteiger partial charge on any atom is -0.396 e. The molecular weight excluding hydrogens is 452 g/mol. The molecule has 2 aromatic rings. The lowest BCUT2D eigenvalue weighted by molar-refractivity contribution is -0.120. The summed E-state index contributed by atoms with van der Waals surface area (Å²) in [4.78, 5) is 25.3. The van der Waals surface area contributed by atoms with Crippen LogP contribution in [0, 0.1) is 29.6 Å². The molecule has 3 aliphatic carbocycles. The van der Waals surface area contributed by atoms with Crippen molar-refractivity contribution in [3.8, 4) is 11.3 Å². The van der Waals surface area contributed by atoms with E-state index in [2.05, 4.69) is 15.7 Å². The molecule has 2 amide bonds. The van der Waals surface area contributed by atoms with Crippen LogP contribution >= 0.6 is 0 Å². The summed E-state index contributed by atoms with van der Waals surface area (Å²) in [5, 5.41) is 20.8. The number of nitrogens with one attached hydrogen (secondary N) is 2. The third kappa shape index (κ3) is 4.99. The molecule has 3 fully saturated rings. The van der Waals surface area contributed by atoms with Crippen LogP contribution in [0.15, 0.2) is 42.6 Å². The van der Waals surface area contributed by atoms with Gasteiger partial charge in [-0.3, -0.25) is 9.59 Å². The Morgan fingerprint density at radius 1 is 1.11 bits per heavy atom. The van der Waals surface area contributed by atoms with Gasteiger partial charge < -0.3 is 15.7 Å². The standard InChI is InChI=1S/C29H38N4O3/c1-18(35)32-29(2,3)9-10-33-27(21-7-5-4-6-8-21)25(16-30-33)28(36)31-26-23-13-19-11-20(17-34)14-24(26)22(12-19)15-23/h4-10,16,19-20,22-24,26,34H,11-15,17H2,1-3H3,(H,31,36)(H,32,35)/b10-9+/t19?,20?,22?,23?,24?,26-/m1/s1. The molecule has 3 saturated carbocycles. The number of benzene rings is 1. The normalized spacial score (nSPS) is 29.3. The quantitative estimate of drug-likeness (QED) is 0.545. The molecule has 3 bridgehead atoms. The molecule has 0 radical (unpaired) electrons. The van der Waals surface area contributed by atoms with Crippen LogP contribution in [-0.4, -0.2) is 44.9 Å². The zero-order valence-electron chi connectivity index (χ0n) is 21.5. The summed E-state index contributed by atoms with van der Waals surface area (Å²) in [5.74, 6) is 2.46. The maximum absolute atomic E-state index is 13.8. The van der Waals surface area contributed by atoms with Crippen molar-refractivity contribution in [3.63, 3.8) is 0 Å². The van der Waals surface area contributed by atoms with E-state index in [0.29, 0.717) is 35.2 Å². The number of amides is 2. The van der Waals surface area contributed by atoms with E-state index in [-0.39, 0.29) is 24.5 Å². The Bertz CT molecular complexity index is 1140. The van der Waals surface area contributed by atoms with Crippen LogP contribution in [0.4, 0.5) is 0 Å². The van der Waals surface area contributed by atoms with Gasteiger partial charge in [-0.25, -0.2) is 4.68 Å². The number of aromatic nitrogens is 2. The van der Waals surface area contributed by atoms with E-state index in [1.165, 1.54) is 19.8 Å². The fourth-order valence-electron chi connectivity index (χ4n) is 7.18. The van der Waals surface area contributed by atoms with Crippen molar-refractivity contribution in [1.29, 1.82) is 0 Å². The van der Waals surface area contributed by atoms with Crippen molar-refractivity contribution in [2.45, 2.75) is 64.5 Å². The molecule has 7 nitrogen and oxygen atoms in total. The smallest absolute Gasteiger partial charge is 0.255 e. The van der Waals surface area contributed by atoms with Gasteiger partial charge in [0.05, 0.1) is 23.0 Å². The van der Waals surface area contributed by atoms with Crippen molar-refractivity contribution in [2.75, 3.05) is 6.61 Å². The van der Waals surface area contributed by atoms with Gasteiger partial charge in [0.2, 0.25) is 5.91 Å². The SMILES string of the molecule is CC(=O)NC(C)(C)/C=C/n1ncc(C(=O)N[C@@H]2C3CC4CC(CO)CC2C(C4)C3)c1-c1ccccc1. The van der Waals surface area contributed by atoms with E-state index in [1.54, 1.807) is 10.9 Å². The molecule has 192 valence electrons. The van der Waals surface area contributed by atoms with Crippen molar-refractivity contribution in [1.82, 2.24) is 20.4 Å². The summed E-state index contributed by atoms with van der Waals surface area (Å²) in [7, 11) is 0. The fourth-order valence-corrected chi connectivity index (χ4v) is 7.18. The number of hydrogen-bond donors (Lipinski definition) is 3. The second kappa shape index (κ2) is 9.85. The van der Waals surface area contributed by atoms with Gasteiger partial charge in [-0.2, -0.15) is 5.10 Å². The largest absolute Gasteiger partial charge is 0.396 e. The zero-order valence-corrected chi connectivity index (χ0v) is 21.5. The average Bonchev–Trinajstić information content (AvgIpc) is 3.32. The predicted molar refractivity (Wildman–Crippen MR) is 140 cm³/mol. The first-order valence-corrected chi connectivity index (χ1v) is 13.3. The van der Waals surface area contributed by atoms with Gasteiger partial charge in [-0.05, 0) is 81.6 Å². The summed E-state index contributed by atoms with van der Waals surface area (Å²) in [6, 6.07) is 9.99. The first-order valence-electron chi connectivity index (χ1n) is 13.3. The van der Waals surface area contributed by atoms with E-state index >= 15 is 0 Å². The van der Waals surface area contributed by atoms with Crippen LogP contribution < -0.4 is 10.6 Å². The van der Waals surface area contributed by atoms with Crippen LogP contribution in [-0.2, 0) is 4.79 Å². The van der Waals surface area contributed by atoms with Crippen LogP contribution in [0.2, 0.25) is 0 Å². The maximum Gasteiger partial charge on any atom is 0.255 e. The minimum atomic E-state index is -0.559. The van der Waals surface area contributed by atoms with Crippen LogP contribution in [0.1, 0.15) is 63.2 Å². The summed E-state index contributed by atoms with van der Waals surface area (Å²) in [6.45, 7) is 5.58.